The first-order valence-corrected chi connectivity index (χ1v) is 9.39. The second-order valence-corrected chi connectivity index (χ2v) is 8.35. The largest absolute Gasteiger partial charge is 0.353 e. The Morgan fingerprint density at radius 3 is 2.35 bits per heavy atom. The summed E-state index contributed by atoms with van der Waals surface area (Å²) >= 11 is 5.98. The molecule has 0 radical (unpaired) electrons. The van der Waals surface area contributed by atoms with Gasteiger partial charge in [0.1, 0.15) is 0 Å². The molecule has 1 amide bonds. The lowest BCUT2D eigenvalue weighted by atomic mass is 9.83. The van der Waals surface area contributed by atoms with Crippen molar-refractivity contribution in [3.8, 4) is 0 Å². The van der Waals surface area contributed by atoms with Gasteiger partial charge in [0.15, 0.2) is 0 Å². The molecule has 3 heteroatoms. The number of fused-ring (bicyclic) bond motifs is 2. The SMILES string of the molecule is CC(C)[C@H](C(=O)N[C@H](C)[C@@H]1C[C@H]2CC[C@H]1C2)c1ccc(Cl)cc1. The Labute approximate surface area is 145 Å². The maximum Gasteiger partial charge on any atom is 0.228 e. The van der Waals surface area contributed by atoms with Crippen LogP contribution in [0.3, 0.4) is 0 Å². The number of carbonyl (C=O) groups excluding carboxylic acids is 1. The van der Waals surface area contributed by atoms with E-state index in [4.69, 9.17) is 11.6 Å². The van der Waals surface area contributed by atoms with Gasteiger partial charge in [-0.05, 0) is 67.6 Å². The monoisotopic (exact) mass is 333 g/mol. The summed E-state index contributed by atoms with van der Waals surface area (Å²) in [6, 6.07) is 7.99. The molecule has 0 saturated heterocycles. The molecule has 1 aromatic carbocycles. The molecule has 2 nitrogen and oxygen atoms in total. The number of hydrogen-bond donors (Lipinski definition) is 1. The highest BCUT2D eigenvalue weighted by Gasteiger charge is 2.42. The predicted octanol–water partition coefficient (Wildman–Crippen LogP) is 5.02. The molecular weight excluding hydrogens is 306 g/mol. The summed E-state index contributed by atoms with van der Waals surface area (Å²) in [6.45, 7) is 6.42. The molecule has 0 aromatic heterocycles. The van der Waals surface area contributed by atoms with Crippen LogP contribution in [-0.4, -0.2) is 11.9 Å². The van der Waals surface area contributed by atoms with Gasteiger partial charge < -0.3 is 5.32 Å². The summed E-state index contributed by atoms with van der Waals surface area (Å²) in [5.74, 6) is 2.76. The van der Waals surface area contributed by atoms with E-state index in [1.165, 1.54) is 25.7 Å². The summed E-state index contributed by atoms with van der Waals surface area (Å²) < 4.78 is 0. The molecular formula is C20H28ClNO. The van der Waals surface area contributed by atoms with Crippen molar-refractivity contribution < 1.29 is 4.79 Å². The van der Waals surface area contributed by atoms with Gasteiger partial charge in [-0.1, -0.05) is 44.0 Å². The number of hydrogen-bond acceptors (Lipinski definition) is 1. The maximum atomic E-state index is 12.9. The Hall–Kier alpha value is -1.02. The lowest BCUT2D eigenvalue weighted by molar-refractivity contribution is -0.124. The third-order valence-electron chi connectivity index (χ3n) is 5.98. The van der Waals surface area contributed by atoms with Crippen molar-refractivity contribution in [3.63, 3.8) is 0 Å². The molecule has 2 fully saturated rings. The lowest BCUT2D eigenvalue weighted by Gasteiger charge is -2.30. The number of nitrogens with one attached hydrogen (secondary N) is 1. The Balaban J connectivity index is 1.68. The minimum absolute atomic E-state index is 0.103. The zero-order valence-corrected chi connectivity index (χ0v) is 15.1. The van der Waals surface area contributed by atoms with E-state index in [0.29, 0.717) is 10.9 Å². The van der Waals surface area contributed by atoms with Gasteiger partial charge in [-0.25, -0.2) is 0 Å². The first kappa shape index (κ1) is 16.8. The molecule has 1 aromatic rings. The first-order chi connectivity index (χ1) is 11.0. The Morgan fingerprint density at radius 1 is 1.13 bits per heavy atom. The lowest BCUT2D eigenvalue weighted by Crippen LogP contribution is -2.43. The van der Waals surface area contributed by atoms with E-state index >= 15 is 0 Å². The third-order valence-corrected chi connectivity index (χ3v) is 6.24. The van der Waals surface area contributed by atoms with Crippen LogP contribution in [0.15, 0.2) is 24.3 Å². The van der Waals surface area contributed by atoms with Gasteiger partial charge in [0.2, 0.25) is 5.91 Å². The number of halogens is 1. The third kappa shape index (κ3) is 3.57. The highest BCUT2D eigenvalue weighted by atomic mass is 35.5. The molecule has 1 N–H and O–H groups in total. The topological polar surface area (TPSA) is 29.1 Å². The minimum Gasteiger partial charge on any atom is -0.353 e. The summed E-state index contributed by atoms with van der Waals surface area (Å²) in [6.07, 6.45) is 5.45. The molecule has 2 saturated carbocycles. The van der Waals surface area contributed by atoms with Gasteiger partial charge in [0.25, 0.3) is 0 Å². The normalized spacial score (nSPS) is 28.8. The maximum absolute atomic E-state index is 12.9. The minimum atomic E-state index is -0.103. The van der Waals surface area contributed by atoms with Crippen molar-refractivity contribution in [1.29, 1.82) is 0 Å². The van der Waals surface area contributed by atoms with Gasteiger partial charge in [0, 0.05) is 11.1 Å². The fraction of sp³-hybridized carbons (Fsp3) is 0.650. The number of amides is 1. The Bertz CT molecular complexity index is 553. The smallest absolute Gasteiger partial charge is 0.228 e. The van der Waals surface area contributed by atoms with Crippen LogP contribution in [0.5, 0.6) is 0 Å². The van der Waals surface area contributed by atoms with Crippen LogP contribution >= 0.6 is 11.6 Å². The van der Waals surface area contributed by atoms with Crippen LogP contribution in [0.2, 0.25) is 5.02 Å². The fourth-order valence-corrected chi connectivity index (χ4v) is 4.96. The zero-order chi connectivity index (χ0) is 16.6. The summed E-state index contributed by atoms with van der Waals surface area (Å²) in [4.78, 5) is 12.9. The number of carbonyl (C=O) groups is 1. The summed E-state index contributed by atoms with van der Waals surface area (Å²) in [5.41, 5.74) is 1.06. The van der Waals surface area contributed by atoms with Crippen molar-refractivity contribution in [2.75, 3.05) is 0 Å². The molecule has 0 aliphatic heterocycles. The van der Waals surface area contributed by atoms with E-state index in [1.807, 2.05) is 24.3 Å². The Kier molecular flexibility index (Phi) is 5.01. The summed E-state index contributed by atoms with van der Waals surface area (Å²) in [5, 5.41) is 4.04. The van der Waals surface area contributed by atoms with Crippen LogP contribution in [0.25, 0.3) is 0 Å². The standard InChI is InChI=1S/C20H28ClNO/c1-12(2)19(15-6-8-17(21)9-7-15)20(23)22-13(3)18-11-14-4-5-16(18)10-14/h6-9,12-14,16,18-19H,4-5,10-11H2,1-3H3,(H,22,23)/t13-,14+,16+,18+,19+/m1/s1. The molecule has 5 atom stereocenters. The molecule has 2 aliphatic carbocycles. The van der Waals surface area contributed by atoms with E-state index in [2.05, 4.69) is 26.1 Å². The van der Waals surface area contributed by atoms with E-state index in [0.717, 1.165) is 17.4 Å². The second-order valence-electron chi connectivity index (χ2n) is 7.91. The average molecular weight is 334 g/mol. The van der Waals surface area contributed by atoms with Crippen molar-refractivity contribution in [3.05, 3.63) is 34.9 Å². The molecule has 0 heterocycles. The molecule has 126 valence electrons. The van der Waals surface area contributed by atoms with Crippen molar-refractivity contribution >= 4 is 17.5 Å². The van der Waals surface area contributed by atoms with Crippen molar-refractivity contribution in [2.24, 2.45) is 23.7 Å². The quantitative estimate of drug-likeness (QED) is 0.805. The van der Waals surface area contributed by atoms with E-state index in [1.54, 1.807) is 0 Å². The van der Waals surface area contributed by atoms with Gasteiger partial charge in [-0.15, -0.1) is 0 Å². The zero-order valence-electron chi connectivity index (χ0n) is 14.4. The highest BCUT2D eigenvalue weighted by molar-refractivity contribution is 6.30. The first-order valence-electron chi connectivity index (χ1n) is 9.01. The fourth-order valence-electron chi connectivity index (χ4n) is 4.84. The van der Waals surface area contributed by atoms with E-state index in [-0.39, 0.29) is 23.8 Å². The summed E-state index contributed by atoms with van der Waals surface area (Å²) in [7, 11) is 0. The van der Waals surface area contributed by atoms with E-state index in [9.17, 15) is 4.79 Å². The van der Waals surface area contributed by atoms with E-state index < -0.39 is 0 Å². The second kappa shape index (κ2) is 6.84. The molecule has 0 unspecified atom stereocenters. The van der Waals surface area contributed by atoms with Gasteiger partial charge in [0.05, 0.1) is 5.92 Å². The molecule has 0 spiro atoms. The van der Waals surface area contributed by atoms with Crippen LogP contribution < -0.4 is 5.32 Å². The van der Waals surface area contributed by atoms with Gasteiger partial charge >= 0.3 is 0 Å². The van der Waals surface area contributed by atoms with Crippen molar-refractivity contribution in [1.82, 2.24) is 5.32 Å². The average Bonchev–Trinajstić information content (AvgIpc) is 3.12. The van der Waals surface area contributed by atoms with Crippen LogP contribution in [-0.2, 0) is 4.79 Å². The highest BCUT2D eigenvalue weighted by Crippen LogP contribution is 2.49. The molecule has 2 aliphatic rings. The predicted molar refractivity (Wildman–Crippen MR) is 95.6 cm³/mol. The van der Waals surface area contributed by atoms with Crippen LogP contribution in [0.4, 0.5) is 0 Å². The van der Waals surface area contributed by atoms with Gasteiger partial charge in [-0.2, -0.15) is 0 Å². The van der Waals surface area contributed by atoms with Crippen LogP contribution in [0.1, 0.15) is 57.9 Å². The van der Waals surface area contributed by atoms with Crippen molar-refractivity contribution in [2.45, 2.75) is 58.4 Å². The number of benzene rings is 1. The molecule has 2 bridgehead atoms. The molecule has 23 heavy (non-hydrogen) atoms. The molecule has 3 rings (SSSR count). The Morgan fingerprint density at radius 2 is 1.83 bits per heavy atom. The number of rotatable bonds is 5. The van der Waals surface area contributed by atoms with Gasteiger partial charge in [-0.3, -0.25) is 4.79 Å². The van der Waals surface area contributed by atoms with Crippen LogP contribution in [0, 0.1) is 23.7 Å².